The van der Waals surface area contributed by atoms with Crippen LogP contribution < -0.4 is 11.1 Å². The van der Waals surface area contributed by atoms with Gasteiger partial charge in [-0.3, -0.25) is 4.79 Å². The molecule has 2 aromatic rings. The number of oxazole rings is 1. The van der Waals surface area contributed by atoms with Gasteiger partial charge in [0.1, 0.15) is 5.52 Å². The minimum absolute atomic E-state index is 0.0944. The Bertz CT molecular complexity index is 548. The van der Waals surface area contributed by atoms with Crippen molar-refractivity contribution in [3.63, 3.8) is 0 Å². The third-order valence-corrected chi connectivity index (χ3v) is 2.56. The van der Waals surface area contributed by atoms with E-state index in [4.69, 9.17) is 10.2 Å². The fourth-order valence-corrected chi connectivity index (χ4v) is 1.49. The predicted octanol–water partition coefficient (Wildman–Crippen LogP) is 1.67. The van der Waals surface area contributed by atoms with E-state index in [1.54, 1.807) is 26.0 Å². The van der Waals surface area contributed by atoms with Gasteiger partial charge in [0.2, 0.25) is 5.91 Å². The Morgan fingerprint density at radius 2 is 2.35 bits per heavy atom. The third-order valence-electron chi connectivity index (χ3n) is 2.56. The summed E-state index contributed by atoms with van der Waals surface area (Å²) >= 11 is 0. The highest BCUT2D eigenvalue weighted by Gasteiger charge is 2.11. The highest BCUT2D eigenvalue weighted by Crippen LogP contribution is 2.20. The molecule has 0 bridgehead atoms. The van der Waals surface area contributed by atoms with Crippen LogP contribution in [0.15, 0.2) is 22.6 Å². The van der Waals surface area contributed by atoms with Crippen LogP contribution in [0.25, 0.3) is 11.1 Å². The molecule has 0 aliphatic carbocycles. The highest BCUT2D eigenvalue weighted by atomic mass is 16.3. The van der Waals surface area contributed by atoms with Gasteiger partial charge >= 0.3 is 0 Å². The largest absolute Gasteiger partial charge is 0.441 e. The molecule has 1 amide bonds. The molecule has 1 aromatic carbocycles. The first-order chi connectivity index (χ1) is 8.10. The van der Waals surface area contributed by atoms with Crippen molar-refractivity contribution in [3.8, 4) is 0 Å². The number of nitrogens with one attached hydrogen (secondary N) is 1. The molecule has 1 unspecified atom stereocenters. The van der Waals surface area contributed by atoms with Gasteiger partial charge in [-0.15, -0.1) is 0 Å². The Kier molecular flexibility index (Phi) is 3.10. The monoisotopic (exact) mass is 233 g/mol. The summed E-state index contributed by atoms with van der Waals surface area (Å²) in [4.78, 5) is 15.8. The van der Waals surface area contributed by atoms with Gasteiger partial charge in [-0.2, -0.15) is 0 Å². The van der Waals surface area contributed by atoms with E-state index in [-0.39, 0.29) is 11.8 Å². The first-order valence-electron chi connectivity index (χ1n) is 5.48. The van der Waals surface area contributed by atoms with Gasteiger partial charge in [0.05, 0.1) is 0 Å². The van der Waals surface area contributed by atoms with Crippen molar-refractivity contribution in [1.82, 2.24) is 4.98 Å². The summed E-state index contributed by atoms with van der Waals surface area (Å²) in [6.45, 7) is 3.90. The molecule has 2 rings (SSSR count). The highest BCUT2D eigenvalue weighted by molar-refractivity contribution is 5.94. The van der Waals surface area contributed by atoms with E-state index in [9.17, 15) is 4.79 Å². The maximum Gasteiger partial charge on any atom is 0.228 e. The van der Waals surface area contributed by atoms with E-state index >= 15 is 0 Å². The Balaban J connectivity index is 2.22. The lowest BCUT2D eigenvalue weighted by atomic mass is 10.1. The molecule has 0 saturated carbocycles. The molecule has 1 aromatic heterocycles. The van der Waals surface area contributed by atoms with Crippen LogP contribution in [-0.2, 0) is 4.79 Å². The molecular formula is C12H15N3O2. The lowest BCUT2D eigenvalue weighted by Gasteiger charge is -2.09. The smallest absolute Gasteiger partial charge is 0.228 e. The molecule has 0 fully saturated rings. The zero-order chi connectivity index (χ0) is 12.4. The number of carbonyl (C=O) groups is 1. The number of nitrogens with zero attached hydrogens (tertiary/aromatic N) is 1. The van der Waals surface area contributed by atoms with Crippen molar-refractivity contribution in [2.24, 2.45) is 11.7 Å². The van der Waals surface area contributed by atoms with Crippen molar-refractivity contribution in [2.75, 3.05) is 11.9 Å². The number of hydrogen-bond donors (Lipinski definition) is 2. The van der Waals surface area contributed by atoms with Crippen LogP contribution in [0, 0.1) is 12.8 Å². The molecule has 90 valence electrons. The maximum absolute atomic E-state index is 11.6. The fraction of sp³-hybridized carbons (Fsp3) is 0.333. The van der Waals surface area contributed by atoms with Crippen LogP contribution in [-0.4, -0.2) is 17.4 Å². The molecule has 0 saturated heterocycles. The quantitative estimate of drug-likeness (QED) is 0.844. The molecule has 5 heteroatoms. The number of carbonyl (C=O) groups excluding carboxylic acids is 1. The zero-order valence-electron chi connectivity index (χ0n) is 9.86. The van der Waals surface area contributed by atoms with Crippen molar-refractivity contribution >= 4 is 22.7 Å². The van der Waals surface area contributed by atoms with Crippen molar-refractivity contribution in [2.45, 2.75) is 13.8 Å². The SMILES string of the molecule is Cc1nc2ccc(NC(=O)C(C)CN)cc2o1. The van der Waals surface area contributed by atoms with Crippen LogP contribution in [0.3, 0.4) is 0 Å². The number of hydrogen-bond acceptors (Lipinski definition) is 4. The Labute approximate surface area is 99.0 Å². The zero-order valence-corrected chi connectivity index (χ0v) is 9.86. The van der Waals surface area contributed by atoms with E-state index in [0.29, 0.717) is 23.7 Å². The van der Waals surface area contributed by atoms with Gasteiger partial charge in [-0.1, -0.05) is 6.92 Å². The van der Waals surface area contributed by atoms with E-state index in [0.717, 1.165) is 5.52 Å². The number of aromatic nitrogens is 1. The van der Waals surface area contributed by atoms with Gasteiger partial charge in [0.15, 0.2) is 11.5 Å². The second-order valence-corrected chi connectivity index (χ2v) is 4.04. The first kappa shape index (κ1) is 11.6. The Morgan fingerprint density at radius 1 is 1.59 bits per heavy atom. The third kappa shape index (κ3) is 2.45. The molecule has 0 spiro atoms. The number of benzene rings is 1. The number of fused-ring (bicyclic) bond motifs is 1. The topological polar surface area (TPSA) is 81.2 Å². The summed E-state index contributed by atoms with van der Waals surface area (Å²) in [6, 6.07) is 5.37. The molecule has 0 aliphatic rings. The summed E-state index contributed by atoms with van der Waals surface area (Å²) in [7, 11) is 0. The fourth-order valence-electron chi connectivity index (χ4n) is 1.49. The van der Waals surface area contributed by atoms with Crippen LogP contribution in [0.5, 0.6) is 0 Å². The number of aryl methyl sites for hydroxylation is 1. The summed E-state index contributed by atoms with van der Waals surface area (Å²) in [5.41, 5.74) is 7.58. The van der Waals surface area contributed by atoms with E-state index in [1.165, 1.54) is 0 Å². The normalized spacial score (nSPS) is 12.6. The average molecular weight is 233 g/mol. The average Bonchev–Trinajstić information content (AvgIpc) is 2.67. The first-order valence-corrected chi connectivity index (χ1v) is 5.48. The molecule has 1 atom stereocenters. The van der Waals surface area contributed by atoms with Crippen LogP contribution >= 0.6 is 0 Å². The summed E-state index contributed by atoms with van der Waals surface area (Å²) in [6.07, 6.45) is 0. The Hall–Kier alpha value is -1.88. The van der Waals surface area contributed by atoms with Gasteiger partial charge in [-0.25, -0.2) is 4.98 Å². The van der Waals surface area contributed by atoms with Crippen molar-refractivity contribution in [1.29, 1.82) is 0 Å². The molecular weight excluding hydrogens is 218 g/mol. The van der Waals surface area contributed by atoms with Crippen molar-refractivity contribution < 1.29 is 9.21 Å². The summed E-state index contributed by atoms with van der Waals surface area (Å²) < 4.78 is 5.39. The van der Waals surface area contributed by atoms with Crippen molar-refractivity contribution in [3.05, 3.63) is 24.1 Å². The molecule has 0 radical (unpaired) electrons. The van der Waals surface area contributed by atoms with Crippen LogP contribution in [0.1, 0.15) is 12.8 Å². The van der Waals surface area contributed by atoms with E-state index in [2.05, 4.69) is 10.3 Å². The molecule has 5 nitrogen and oxygen atoms in total. The second kappa shape index (κ2) is 4.55. The number of amides is 1. The minimum Gasteiger partial charge on any atom is -0.441 e. The molecule has 1 heterocycles. The molecule has 17 heavy (non-hydrogen) atoms. The lowest BCUT2D eigenvalue weighted by molar-refractivity contribution is -0.119. The number of nitrogens with two attached hydrogens (primary N) is 1. The van der Waals surface area contributed by atoms with Gasteiger partial charge in [0.25, 0.3) is 0 Å². The lowest BCUT2D eigenvalue weighted by Crippen LogP contribution is -2.26. The molecule has 0 aliphatic heterocycles. The summed E-state index contributed by atoms with van der Waals surface area (Å²) in [5, 5.41) is 2.79. The van der Waals surface area contributed by atoms with E-state index in [1.807, 2.05) is 6.07 Å². The van der Waals surface area contributed by atoms with Gasteiger partial charge in [0, 0.05) is 31.1 Å². The molecule has 3 N–H and O–H groups in total. The summed E-state index contributed by atoms with van der Waals surface area (Å²) in [5.74, 6) is 0.309. The number of anilines is 1. The van der Waals surface area contributed by atoms with Crippen LogP contribution in [0.4, 0.5) is 5.69 Å². The minimum atomic E-state index is -0.206. The Morgan fingerprint density at radius 3 is 3.06 bits per heavy atom. The maximum atomic E-state index is 11.6. The number of rotatable bonds is 3. The van der Waals surface area contributed by atoms with Gasteiger partial charge < -0.3 is 15.5 Å². The predicted molar refractivity (Wildman–Crippen MR) is 65.6 cm³/mol. The van der Waals surface area contributed by atoms with Crippen LogP contribution in [0.2, 0.25) is 0 Å². The van der Waals surface area contributed by atoms with Gasteiger partial charge in [-0.05, 0) is 12.1 Å². The second-order valence-electron chi connectivity index (χ2n) is 4.04. The van der Waals surface area contributed by atoms with E-state index < -0.39 is 0 Å². The standard InChI is InChI=1S/C12H15N3O2/c1-7(6-13)12(16)15-9-3-4-10-11(5-9)17-8(2)14-10/h3-5,7H,6,13H2,1-2H3,(H,15,16).